The average Bonchev–Trinajstić information content (AvgIpc) is 2.51. The molecule has 2 aromatic carbocycles. The van der Waals surface area contributed by atoms with Crippen LogP contribution < -0.4 is 10.1 Å². The number of benzene rings is 2. The van der Waals surface area contributed by atoms with Crippen molar-refractivity contribution in [3.8, 4) is 5.75 Å². The van der Waals surface area contributed by atoms with Gasteiger partial charge in [0.05, 0.1) is 12.8 Å². The minimum atomic E-state index is -0.900. The van der Waals surface area contributed by atoms with E-state index in [9.17, 15) is 13.6 Å². The minimum Gasteiger partial charge on any atom is -0.495 e. The summed E-state index contributed by atoms with van der Waals surface area (Å²) in [5.41, 5.74) is 0.489. The van der Waals surface area contributed by atoms with E-state index in [2.05, 4.69) is 5.32 Å². The van der Waals surface area contributed by atoms with Crippen LogP contribution in [0.25, 0.3) is 0 Å². The molecule has 0 spiro atoms. The number of hydrogen-bond acceptors (Lipinski definition) is 3. The number of nitrogens with one attached hydrogen (secondary N) is 1. The molecule has 0 aliphatic heterocycles. The van der Waals surface area contributed by atoms with Gasteiger partial charge in [-0.25, -0.2) is 8.78 Å². The van der Waals surface area contributed by atoms with E-state index in [4.69, 9.17) is 16.3 Å². The summed E-state index contributed by atoms with van der Waals surface area (Å²) in [6.07, 6.45) is 0.208. The highest BCUT2D eigenvalue weighted by Crippen LogP contribution is 2.28. The number of rotatable bonds is 6. The summed E-state index contributed by atoms with van der Waals surface area (Å²) in [5.74, 6) is -1.07. The SMILES string of the molecule is COc1ccc(Cl)cc1NC(=O)CCSc1ccc(F)c(F)c1. The number of carbonyl (C=O) groups excluding carboxylic acids is 1. The van der Waals surface area contributed by atoms with E-state index in [1.807, 2.05) is 0 Å². The molecule has 7 heteroatoms. The van der Waals surface area contributed by atoms with E-state index in [-0.39, 0.29) is 12.3 Å². The van der Waals surface area contributed by atoms with Crippen LogP contribution in [0.1, 0.15) is 6.42 Å². The van der Waals surface area contributed by atoms with Crippen molar-refractivity contribution in [1.82, 2.24) is 0 Å². The first kappa shape index (κ1) is 17.6. The lowest BCUT2D eigenvalue weighted by molar-refractivity contribution is -0.115. The Hall–Kier alpha value is -1.79. The van der Waals surface area contributed by atoms with E-state index in [0.29, 0.717) is 27.1 Å². The summed E-state index contributed by atoms with van der Waals surface area (Å²) < 4.78 is 31.0. The largest absolute Gasteiger partial charge is 0.495 e. The summed E-state index contributed by atoms with van der Waals surface area (Å²) in [7, 11) is 1.50. The fourth-order valence-corrected chi connectivity index (χ4v) is 2.87. The van der Waals surface area contributed by atoms with Crippen LogP contribution in [0.4, 0.5) is 14.5 Å². The third-order valence-corrected chi connectivity index (χ3v) is 4.16. The number of anilines is 1. The van der Waals surface area contributed by atoms with Gasteiger partial charge in [0.15, 0.2) is 11.6 Å². The summed E-state index contributed by atoms with van der Waals surface area (Å²) in [5, 5.41) is 3.20. The molecular formula is C16H14ClF2NO2S. The predicted molar refractivity (Wildman–Crippen MR) is 88.3 cm³/mol. The van der Waals surface area contributed by atoms with Crippen molar-refractivity contribution < 1.29 is 18.3 Å². The van der Waals surface area contributed by atoms with Crippen molar-refractivity contribution >= 4 is 35.0 Å². The van der Waals surface area contributed by atoms with Crippen molar-refractivity contribution in [1.29, 1.82) is 0 Å². The standard InChI is InChI=1S/C16H14ClF2NO2S/c1-22-15-5-2-10(17)8-14(15)20-16(21)6-7-23-11-3-4-12(18)13(19)9-11/h2-5,8-9H,6-7H2,1H3,(H,20,21). The molecule has 0 radical (unpaired) electrons. The van der Waals surface area contributed by atoms with E-state index in [0.717, 1.165) is 12.1 Å². The molecule has 0 saturated carbocycles. The van der Waals surface area contributed by atoms with Crippen molar-refractivity contribution in [3.63, 3.8) is 0 Å². The molecule has 0 aliphatic carbocycles. The number of halogens is 3. The highest BCUT2D eigenvalue weighted by Gasteiger charge is 2.09. The number of thioether (sulfide) groups is 1. The molecule has 3 nitrogen and oxygen atoms in total. The lowest BCUT2D eigenvalue weighted by atomic mass is 10.3. The number of ether oxygens (including phenoxy) is 1. The summed E-state index contributed by atoms with van der Waals surface area (Å²) in [6.45, 7) is 0. The lowest BCUT2D eigenvalue weighted by Crippen LogP contribution is -2.13. The quantitative estimate of drug-likeness (QED) is 0.758. The Morgan fingerprint density at radius 3 is 2.70 bits per heavy atom. The zero-order chi connectivity index (χ0) is 16.8. The first-order valence-electron chi connectivity index (χ1n) is 6.71. The van der Waals surface area contributed by atoms with Crippen LogP contribution in [0.2, 0.25) is 5.02 Å². The van der Waals surface area contributed by atoms with Crippen molar-refractivity contribution in [2.24, 2.45) is 0 Å². The molecule has 0 aliphatic rings. The monoisotopic (exact) mass is 357 g/mol. The van der Waals surface area contributed by atoms with Crippen molar-refractivity contribution in [3.05, 3.63) is 53.1 Å². The third-order valence-electron chi connectivity index (χ3n) is 2.92. The number of methoxy groups -OCH3 is 1. The Kier molecular flexibility index (Phi) is 6.24. The summed E-state index contributed by atoms with van der Waals surface area (Å²) in [6, 6.07) is 8.57. The van der Waals surface area contributed by atoms with Gasteiger partial charge >= 0.3 is 0 Å². The lowest BCUT2D eigenvalue weighted by Gasteiger charge is -2.10. The average molecular weight is 358 g/mol. The minimum absolute atomic E-state index is 0.208. The second-order valence-corrected chi connectivity index (χ2v) is 6.17. The summed E-state index contributed by atoms with van der Waals surface area (Å²) in [4.78, 5) is 12.5. The van der Waals surface area contributed by atoms with E-state index >= 15 is 0 Å². The number of carbonyl (C=O) groups is 1. The maximum atomic E-state index is 13.1. The van der Waals surface area contributed by atoms with Crippen molar-refractivity contribution in [2.75, 3.05) is 18.2 Å². The van der Waals surface area contributed by atoms with Crippen LogP contribution in [-0.2, 0) is 4.79 Å². The first-order valence-corrected chi connectivity index (χ1v) is 8.07. The smallest absolute Gasteiger partial charge is 0.225 e. The molecule has 0 saturated heterocycles. The molecule has 0 bridgehead atoms. The van der Waals surface area contributed by atoms with Gasteiger partial charge in [0, 0.05) is 22.1 Å². The molecule has 1 N–H and O–H groups in total. The molecule has 0 heterocycles. The highest BCUT2D eigenvalue weighted by atomic mass is 35.5. The Balaban J connectivity index is 1.88. The van der Waals surface area contributed by atoms with E-state index < -0.39 is 11.6 Å². The zero-order valence-electron chi connectivity index (χ0n) is 12.2. The normalized spacial score (nSPS) is 10.4. The molecule has 2 rings (SSSR count). The van der Waals surface area contributed by atoms with Gasteiger partial charge in [-0.1, -0.05) is 11.6 Å². The van der Waals surface area contributed by atoms with Gasteiger partial charge in [0.1, 0.15) is 5.75 Å². The van der Waals surface area contributed by atoms with E-state index in [1.54, 1.807) is 18.2 Å². The van der Waals surface area contributed by atoms with Gasteiger partial charge in [0.25, 0.3) is 0 Å². The van der Waals surface area contributed by atoms with Gasteiger partial charge in [-0.3, -0.25) is 4.79 Å². The van der Waals surface area contributed by atoms with Crippen molar-refractivity contribution in [2.45, 2.75) is 11.3 Å². The van der Waals surface area contributed by atoms with Gasteiger partial charge in [-0.05, 0) is 36.4 Å². The molecule has 0 aromatic heterocycles. The molecule has 122 valence electrons. The fourth-order valence-electron chi connectivity index (χ4n) is 1.82. The number of hydrogen-bond donors (Lipinski definition) is 1. The van der Waals surface area contributed by atoms with Gasteiger partial charge in [0.2, 0.25) is 5.91 Å². The van der Waals surface area contributed by atoms with Gasteiger partial charge in [-0.2, -0.15) is 0 Å². The van der Waals surface area contributed by atoms with Crippen LogP contribution in [0.3, 0.4) is 0 Å². The molecular weight excluding hydrogens is 344 g/mol. The Bertz CT molecular complexity index is 712. The van der Waals surface area contributed by atoms with Crippen LogP contribution in [0, 0.1) is 11.6 Å². The molecule has 0 atom stereocenters. The zero-order valence-corrected chi connectivity index (χ0v) is 13.8. The molecule has 0 unspecified atom stereocenters. The Morgan fingerprint density at radius 2 is 2.00 bits per heavy atom. The molecule has 2 aromatic rings. The Morgan fingerprint density at radius 1 is 1.22 bits per heavy atom. The molecule has 23 heavy (non-hydrogen) atoms. The Labute approximate surface area is 142 Å². The third kappa shape index (κ3) is 5.11. The maximum Gasteiger partial charge on any atom is 0.225 e. The van der Waals surface area contributed by atoms with Crippen LogP contribution in [0.5, 0.6) is 5.75 Å². The highest BCUT2D eigenvalue weighted by molar-refractivity contribution is 7.99. The molecule has 1 amide bonds. The predicted octanol–water partition coefficient (Wildman–Crippen LogP) is 4.75. The van der Waals surface area contributed by atoms with Gasteiger partial charge in [-0.15, -0.1) is 11.8 Å². The fraction of sp³-hybridized carbons (Fsp3) is 0.188. The second kappa shape index (κ2) is 8.17. The van der Waals surface area contributed by atoms with Crippen LogP contribution >= 0.6 is 23.4 Å². The maximum absolute atomic E-state index is 13.1. The van der Waals surface area contributed by atoms with Crippen LogP contribution in [0.15, 0.2) is 41.3 Å². The van der Waals surface area contributed by atoms with E-state index in [1.165, 1.54) is 24.9 Å². The van der Waals surface area contributed by atoms with Crippen LogP contribution in [-0.4, -0.2) is 18.8 Å². The summed E-state index contributed by atoms with van der Waals surface area (Å²) >= 11 is 7.16. The number of amides is 1. The topological polar surface area (TPSA) is 38.3 Å². The second-order valence-electron chi connectivity index (χ2n) is 4.57. The first-order chi connectivity index (χ1) is 11.0. The van der Waals surface area contributed by atoms with Gasteiger partial charge < -0.3 is 10.1 Å². The molecule has 0 fully saturated rings.